The summed E-state index contributed by atoms with van der Waals surface area (Å²) < 4.78 is 38.8. The van der Waals surface area contributed by atoms with E-state index in [4.69, 9.17) is 0 Å². The Bertz CT molecular complexity index is 590. The largest absolute Gasteiger partial charge is 0.419 e. The molecule has 2 rings (SSSR count). The number of aliphatic hydroxyl groups excluding tert-OH is 1. The molecule has 0 radical (unpaired) electrons. The van der Waals surface area contributed by atoms with Gasteiger partial charge in [0, 0.05) is 6.20 Å². The van der Waals surface area contributed by atoms with Crippen LogP contribution in [0.25, 0.3) is 0 Å². The number of rotatable bonds is 4. The average Bonchev–Trinajstić information content (AvgIpc) is 2.95. The van der Waals surface area contributed by atoms with Gasteiger partial charge in [0.2, 0.25) is 0 Å². The first-order chi connectivity index (χ1) is 9.82. The van der Waals surface area contributed by atoms with Crippen molar-refractivity contribution < 1.29 is 18.3 Å². The number of aryl methyl sites for hydroxylation is 1. The van der Waals surface area contributed by atoms with Gasteiger partial charge in [-0.25, -0.2) is 0 Å². The molecule has 114 valence electrons. The summed E-state index contributed by atoms with van der Waals surface area (Å²) in [6.45, 7) is 3.65. The summed E-state index contributed by atoms with van der Waals surface area (Å²) in [6.07, 6.45) is -2.78. The SMILES string of the molecule is CCc1ccc(C(O)C(C)n2cc(C(F)(F)F)cn2)cc1. The molecule has 0 fully saturated rings. The number of aromatic nitrogens is 2. The maximum absolute atomic E-state index is 12.6. The molecular formula is C15H17F3N2O. The van der Waals surface area contributed by atoms with Gasteiger partial charge in [0.25, 0.3) is 0 Å². The van der Waals surface area contributed by atoms with Crippen LogP contribution in [0, 0.1) is 0 Å². The van der Waals surface area contributed by atoms with Crippen LogP contribution in [-0.2, 0) is 12.6 Å². The van der Waals surface area contributed by atoms with E-state index in [1.54, 1.807) is 19.1 Å². The fourth-order valence-corrected chi connectivity index (χ4v) is 2.08. The van der Waals surface area contributed by atoms with Crippen molar-refractivity contribution in [3.05, 3.63) is 53.3 Å². The summed E-state index contributed by atoms with van der Waals surface area (Å²) in [5.41, 5.74) is 0.976. The van der Waals surface area contributed by atoms with Gasteiger partial charge in [-0.15, -0.1) is 0 Å². The van der Waals surface area contributed by atoms with Crippen LogP contribution in [0.3, 0.4) is 0 Å². The van der Waals surface area contributed by atoms with Crippen LogP contribution < -0.4 is 0 Å². The van der Waals surface area contributed by atoms with Crippen LogP contribution in [-0.4, -0.2) is 14.9 Å². The zero-order valence-electron chi connectivity index (χ0n) is 11.8. The monoisotopic (exact) mass is 298 g/mol. The molecule has 2 unspecified atom stereocenters. The summed E-state index contributed by atoms with van der Waals surface area (Å²) in [5.74, 6) is 0. The topological polar surface area (TPSA) is 38.0 Å². The Kier molecular flexibility index (Phi) is 4.37. The molecule has 0 aliphatic carbocycles. The van der Waals surface area contributed by atoms with Crippen LogP contribution in [0.1, 0.15) is 42.7 Å². The molecule has 0 amide bonds. The van der Waals surface area contributed by atoms with Crippen molar-refractivity contribution in [1.29, 1.82) is 0 Å². The summed E-state index contributed by atoms with van der Waals surface area (Å²) in [4.78, 5) is 0. The number of aliphatic hydroxyl groups is 1. The maximum atomic E-state index is 12.6. The lowest BCUT2D eigenvalue weighted by atomic mass is 10.0. The van der Waals surface area contributed by atoms with Crippen molar-refractivity contribution in [1.82, 2.24) is 9.78 Å². The minimum Gasteiger partial charge on any atom is -0.386 e. The highest BCUT2D eigenvalue weighted by Gasteiger charge is 2.33. The van der Waals surface area contributed by atoms with Gasteiger partial charge in [0.05, 0.1) is 17.8 Å². The Labute approximate surface area is 121 Å². The van der Waals surface area contributed by atoms with E-state index >= 15 is 0 Å². The second-order valence-corrected chi connectivity index (χ2v) is 4.99. The molecule has 0 bridgehead atoms. The first kappa shape index (κ1) is 15.6. The Balaban J connectivity index is 2.18. The van der Waals surface area contributed by atoms with E-state index in [9.17, 15) is 18.3 Å². The summed E-state index contributed by atoms with van der Waals surface area (Å²) >= 11 is 0. The van der Waals surface area contributed by atoms with E-state index in [2.05, 4.69) is 5.10 Å². The van der Waals surface area contributed by atoms with E-state index < -0.39 is 23.9 Å². The molecule has 2 atom stereocenters. The van der Waals surface area contributed by atoms with E-state index in [-0.39, 0.29) is 0 Å². The molecule has 1 aromatic heterocycles. The van der Waals surface area contributed by atoms with Crippen molar-refractivity contribution in [3.63, 3.8) is 0 Å². The third kappa shape index (κ3) is 3.44. The van der Waals surface area contributed by atoms with Crippen LogP contribution in [0.5, 0.6) is 0 Å². The first-order valence-corrected chi connectivity index (χ1v) is 6.71. The van der Waals surface area contributed by atoms with E-state index in [1.807, 2.05) is 19.1 Å². The van der Waals surface area contributed by atoms with Crippen LogP contribution in [0.4, 0.5) is 13.2 Å². The van der Waals surface area contributed by atoms with Crippen LogP contribution in [0.15, 0.2) is 36.7 Å². The Morgan fingerprint density at radius 2 is 1.86 bits per heavy atom. The van der Waals surface area contributed by atoms with Crippen LogP contribution >= 0.6 is 0 Å². The number of hydrogen-bond acceptors (Lipinski definition) is 2. The number of halogens is 3. The molecular weight excluding hydrogens is 281 g/mol. The quantitative estimate of drug-likeness (QED) is 0.933. The maximum Gasteiger partial charge on any atom is 0.419 e. The lowest BCUT2D eigenvalue weighted by Gasteiger charge is -2.20. The summed E-state index contributed by atoms with van der Waals surface area (Å²) in [7, 11) is 0. The Morgan fingerprint density at radius 1 is 1.24 bits per heavy atom. The third-order valence-electron chi connectivity index (χ3n) is 3.53. The molecule has 21 heavy (non-hydrogen) atoms. The van der Waals surface area contributed by atoms with Gasteiger partial charge in [0.1, 0.15) is 6.10 Å². The molecule has 1 aromatic carbocycles. The van der Waals surface area contributed by atoms with Gasteiger partial charge in [0.15, 0.2) is 0 Å². The first-order valence-electron chi connectivity index (χ1n) is 6.71. The van der Waals surface area contributed by atoms with Gasteiger partial charge in [-0.2, -0.15) is 18.3 Å². The number of nitrogens with zero attached hydrogens (tertiary/aromatic N) is 2. The molecule has 0 aliphatic heterocycles. The summed E-state index contributed by atoms with van der Waals surface area (Å²) in [6, 6.07) is 6.78. The normalized spacial score (nSPS) is 15.0. The van der Waals surface area contributed by atoms with Crippen molar-refractivity contribution in [2.24, 2.45) is 0 Å². The second kappa shape index (κ2) is 5.89. The van der Waals surface area contributed by atoms with Gasteiger partial charge in [-0.05, 0) is 24.5 Å². The second-order valence-electron chi connectivity index (χ2n) is 4.99. The standard InChI is InChI=1S/C15H17F3N2O/c1-3-11-4-6-12(7-5-11)14(21)10(2)20-9-13(8-19-20)15(16,17)18/h4-10,14,21H,3H2,1-2H3. The van der Waals surface area contributed by atoms with Gasteiger partial charge < -0.3 is 5.11 Å². The fourth-order valence-electron chi connectivity index (χ4n) is 2.08. The van der Waals surface area contributed by atoms with E-state index in [0.29, 0.717) is 5.56 Å². The highest BCUT2D eigenvalue weighted by Crippen LogP contribution is 2.31. The fraction of sp³-hybridized carbons (Fsp3) is 0.400. The Morgan fingerprint density at radius 3 is 2.33 bits per heavy atom. The molecule has 1 heterocycles. The number of alkyl halides is 3. The van der Waals surface area contributed by atoms with Crippen molar-refractivity contribution in [2.75, 3.05) is 0 Å². The van der Waals surface area contributed by atoms with Gasteiger partial charge in [-0.3, -0.25) is 4.68 Å². The predicted octanol–water partition coefficient (Wildman–Crippen LogP) is 3.76. The molecule has 3 nitrogen and oxygen atoms in total. The van der Waals surface area contributed by atoms with E-state index in [1.165, 1.54) is 0 Å². The highest BCUT2D eigenvalue weighted by molar-refractivity contribution is 5.25. The Hall–Kier alpha value is -1.82. The zero-order chi connectivity index (χ0) is 15.6. The lowest BCUT2D eigenvalue weighted by molar-refractivity contribution is -0.137. The molecule has 0 saturated heterocycles. The molecule has 1 N–H and O–H groups in total. The molecule has 0 spiro atoms. The molecule has 0 aliphatic rings. The minimum atomic E-state index is -4.42. The highest BCUT2D eigenvalue weighted by atomic mass is 19.4. The van der Waals surface area contributed by atoms with Crippen LogP contribution in [0.2, 0.25) is 0 Å². The molecule has 2 aromatic rings. The average molecular weight is 298 g/mol. The number of hydrogen-bond donors (Lipinski definition) is 1. The third-order valence-corrected chi connectivity index (χ3v) is 3.53. The molecule has 6 heteroatoms. The van der Waals surface area contributed by atoms with Gasteiger partial charge in [-0.1, -0.05) is 31.2 Å². The van der Waals surface area contributed by atoms with Crippen molar-refractivity contribution in [3.8, 4) is 0 Å². The predicted molar refractivity (Wildman–Crippen MR) is 72.7 cm³/mol. The van der Waals surface area contributed by atoms with E-state index in [0.717, 1.165) is 29.1 Å². The van der Waals surface area contributed by atoms with Crippen molar-refractivity contribution >= 4 is 0 Å². The smallest absolute Gasteiger partial charge is 0.386 e. The summed E-state index contributed by atoms with van der Waals surface area (Å²) in [5, 5.41) is 14.0. The molecule has 0 saturated carbocycles. The van der Waals surface area contributed by atoms with Crippen molar-refractivity contribution in [2.45, 2.75) is 38.6 Å². The van der Waals surface area contributed by atoms with Gasteiger partial charge >= 0.3 is 6.18 Å². The zero-order valence-corrected chi connectivity index (χ0v) is 11.8. The minimum absolute atomic E-state index is 0.589. The number of benzene rings is 1. The lowest BCUT2D eigenvalue weighted by Crippen LogP contribution is -2.15.